The molecule has 0 saturated carbocycles. The summed E-state index contributed by atoms with van der Waals surface area (Å²) in [6, 6.07) is 13.0. The molecule has 0 aliphatic carbocycles. The molecular weight excluding hydrogens is 361 g/mol. The zero-order valence-corrected chi connectivity index (χ0v) is 15.5. The van der Waals surface area contributed by atoms with E-state index in [4.69, 9.17) is 0 Å². The van der Waals surface area contributed by atoms with Crippen molar-refractivity contribution in [2.24, 2.45) is 0 Å². The Morgan fingerprint density at radius 1 is 1.18 bits per heavy atom. The Bertz CT molecular complexity index is 837. The predicted molar refractivity (Wildman–Crippen MR) is 102 cm³/mol. The second kappa shape index (κ2) is 8.65. The maximum absolute atomic E-state index is 13.1. The van der Waals surface area contributed by atoms with Gasteiger partial charge in [-0.1, -0.05) is 49.4 Å². The molecule has 28 heavy (non-hydrogen) atoms. The summed E-state index contributed by atoms with van der Waals surface area (Å²) in [4.78, 5) is 38.8. The summed E-state index contributed by atoms with van der Waals surface area (Å²) in [6.07, 6.45) is 0.320. The molecule has 146 valence electrons. The van der Waals surface area contributed by atoms with Crippen LogP contribution < -0.4 is 10.6 Å². The molecule has 1 heterocycles. The van der Waals surface area contributed by atoms with Crippen molar-refractivity contribution in [3.05, 3.63) is 71.5 Å². The summed E-state index contributed by atoms with van der Waals surface area (Å²) in [7, 11) is 0. The molecule has 6 nitrogen and oxygen atoms in total. The SMILES string of the molecule is CCC(C(=O)NCc1ccccc1)N1C(=O)CC(c2ccc(F)cc2)NC1=O. The van der Waals surface area contributed by atoms with E-state index >= 15 is 0 Å². The number of imide groups is 1. The maximum atomic E-state index is 13.1. The van der Waals surface area contributed by atoms with Crippen molar-refractivity contribution in [3.63, 3.8) is 0 Å². The minimum absolute atomic E-state index is 0.0137. The van der Waals surface area contributed by atoms with Gasteiger partial charge in [0.05, 0.1) is 12.5 Å². The van der Waals surface area contributed by atoms with Crippen LogP contribution in [0.2, 0.25) is 0 Å². The number of nitrogens with zero attached hydrogens (tertiary/aromatic N) is 1. The quantitative estimate of drug-likeness (QED) is 0.805. The molecule has 0 bridgehead atoms. The Hall–Kier alpha value is -3.22. The third-order valence-electron chi connectivity index (χ3n) is 4.75. The number of hydrogen-bond acceptors (Lipinski definition) is 3. The van der Waals surface area contributed by atoms with Gasteiger partial charge in [-0.05, 0) is 29.7 Å². The Morgan fingerprint density at radius 2 is 1.86 bits per heavy atom. The fourth-order valence-electron chi connectivity index (χ4n) is 3.26. The number of carbonyl (C=O) groups excluding carboxylic acids is 3. The molecule has 2 N–H and O–H groups in total. The van der Waals surface area contributed by atoms with Crippen LogP contribution in [-0.2, 0) is 16.1 Å². The van der Waals surface area contributed by atoms with Crippen molar-refractivity contribution >= 4 is 17.8 Å². The number of rotatable bonds is 6. The number of amides is 4. The third kappa shape index (κ3) is 4.36. The maximum Gasteiger partial charge on any atom is 0.325 e. The number of benzene rings is 2. The molecule has 1 fully saturated rings. The van der Waals surface area contributed by atoms with E-state index in [1.807, 2.05) is 30.3 Å². The van der Waals surface area contributed by atoms with Gasteiger partial charge < -0.3 is 10.6 Å². The molecule has 1 aliphatic heterocycles. The van der Waals surface area contributed by atoms with Crippen LogP contribution >= 0.6 is 0 Å². The zero-order valence-electron chi connectivity index (χ0n) is 15.5. The van der Waals surface area contributed by atoms with Crippen molar-refractivity contribution in [2.75, 3.05) is 0 Å². The first-order valence-corrected chi connectivity index (χ1v) is 9.19. The van der Waals surface area contributed by atoms with Crippen LogP contribution in [0.15, 0.2) is 54.6 Å². The van der Waals surface area contributed by atoms with E-state index in [1.54, 1.807) is 6.92 Å². The molecule has 1 saturated heterocycles. The van der Waals surface area contributed by atoms with Gasteiger partial charge in [0.1, 0.15) is 11.9 Å². The Balaban J connectivity index is 1.67. The fraction of sp³-hybridized carbons (Fsp3) is 0.286. The number of halogens is 1. The van der Waals surface area contributed by atoms with Crippen LogP contribution in [-0.4, -0.2) is 28.8 Å². The van der Waals surface area contributed by atoms with Crippen LogP contribution in [0.3, 0.4) is 0 Å². The summed E-state index contributed by atoms with van der Waals surface area (Å²) < 4.78 is 13.1. The molecule has 1 aliphatic rings. The largest absolute Gasteiger partial charge is 0.350 e. The first-order chi connectivity index (χ1) is 13.5. The lowest BCUT2D eigenvalue weighted by Crippen LogP contribution is -2.59. The Labute approximate surface area is 162 Å². The van der Waals surface area contributed by atoms with Crippen LogP contribution in [0.4, 0.5) is 9.18 Å². The molecule has 0 spiro atoms. The normalized spacial score (nSPS) is 17.8. The van der Waals surface area contributed by atoms with Gasteiger partial charge in [0.2, 0.25) is 11.8 Å². The highest BCUT2D eigenvalue weighted by atomic mass is 19.1. The van der Waals surface area contributed by atoms with Crippen molar-refractivity contribution in [1.29, 1.82) is 0 Å². The highest BCUT2D eigenvalue weighted by molar-refractivity contribution is 6.02. The Kier molecular flexibility index (Phi) is 6.03. The van der Waals surface area contributed by atoms with E-state index < -0.39 is 24.0 Å². The zero-order chi connectivity index (χ0) is 20.1. The minimum Gasteiger partial charge on any atom is -0.350 e. The molecule has 7 heteroatoms. The smallest absolute Gasteiger partial charge is 0.325 e. The lowest BCUT2D eigenvalue weighted by molar-refractivity contribution is -0.139. The summed E-state index contributed by atoms with van der Waals surface area (Å²) in [5.41, 5.74) is 1.57. The molecule has 0 radical (unpaired) electrons. The van der Waals surface area contributed by atoms with Gasteiger partial charge >= 0.3 is 6.03 Å². The molecule has 4 amide bonds. The summed E-state index contributed by atoms with van der Waals surface area (Å²) in [6.45, 7) is 2.07. The van der Waals surface area contributed by atoms with Crippen LogP contribution in [0.1, 0.15) is 36.9 Å². The lowest BCUT2D eigenvalue weighted by Gasteiger charge is -2.35. The third-order valence-corrected chi connectivity index (χ3v) is 4.75. The van der Waals surface area contributed by atoms with Crippen molar-refractivity contribution in [3.8, 4) is 0 Å². The van der Waals surface area contributed by atoms with Crippen molar-refractivity contribution in [2.45, 2.75) is 38.4 Å². The summed E-state index contributed by atoms with van der Waals surface area (Å²) in [5.74, 6) is -1.20. The van der Waals surface area contributed by atoms with E-state index in [2.05, 4.69) is 10.6 Å². The average Bonchev–Trinajstić information content (AvgIpc) is 2.70. The minimum atomic E-state index is -0.884. The van der Waals surface area contributed by atoms with E-state index in [-0.39, 0.29) is 18.1 Å². The molecule has 3 rings (SSSR count). The lowest BCUT2D eigenvalue weighted by atomic mass is 10.00. The van der Waals surface area contributed by atoms with Crippen LogP contribution in [0, 0.1) is 5.82 Å². The van der Waals surface area contributed by atoms with Gasteiger partial charge in [-0.25, -0.2) is 9.18 Å². The van der Waals surface area contributed by atoms with E-state index in [0.717, 1.165) is 10.5 Å². The average molecular weight is 383 g/mol. The molecule has 2 aromatic carbocycles. The van der Waals surface area contributed by atoms with Gasteiger partial charge in [0.25, 0.3) is 0 Å². The molecule has 2 unspecified atom stereocenters. The second-order valence-electron chi connectivity index (χ2n) is 6.65. The van der Waals surface area contributed by atoms with Crippen LogP contribution in [0.5, 0.6) is 0 Å². The van der Waals surface area contributed by atoms with E-state index in [1.165, 1.54) is 24.3 Å². The van der Waals surface area contributed by atoms with Crippen LogP contribution in [0.25, 0.3) is 0 Å². The summed E-state index contributed by atoms with van der Waals surface area (Å²) in [5, 5.41) is 5.52. The van der Waals surface area contributed by atoms with Crippen molar-refractivity contribution in [1.82, 2.24) is 15.5 Å². The first kappa shape index (κ1) is 19.5. The standard InChI is InChI=1S/C21H22FN3O3/c1-2-18(20(27)23-13-14-6-4-3-5-7-14)25-19(26)12-17(24-21(25)28)15-8-10-16(22)11-9-15/h3-11,17-18H,2,12-13H2,1H3,(H,23,27)(H,24,28). The van der Waals surface area contributed by atoms with E-state index in [9.17, 15) is 18.8 Å². The second-order valence-corrected chi connectivity index (χ2v) is 6.65. The number of nitrogens with one attached hydrogen (secondary N) is 2. The monoisotopic (exact) mass is 383 g/mol. The number of hydrogen-bond donors (Lipinski definition) is 2. The van der Waals surface area contributed by atoms with E-state index in [0.29, 0.717) is 18.5 Å². The first-order valence-electron chi connectivity index (χ1n) is 9.19. The van der Waals surface area contributed by atoms with Crippen molar-refractivity contribution < 1.29 is 18.8 Å². The molecule has 2 aromatic rings. The molecule has 2 atom stereocenters. The van der Waals surface area contributed by atoms with Gasteiger partial charge in [-0.2, -0.15) is 0 Å². The predicted octanol–water partition coefficient (Wildman–Crippen LogP) is 2.90. The molecule has 0 aromatic heterocycles. The number of urea groups is 1. The van der Waals surface area contributed by atoms with Gasteiger partial charge in [0, 0.05) is 6.54 Å². The van der Waals surface area contributed by atoms with Gasteiger partial charge in [-0.15, -0.1) is 0 Å². The Morgan fingerprint density at radius 3 is 2.46 bits per heavy atom. The van der Waals surface area contributed by atoms with Gasteiger partial charge in [-0.3, -0.25) is 14.5 Å². The fourth-order valence-corrected chi connectivity index (χ4v) is 3.26. The summed E-state index contributed by atoms with van der Waals surface area (Å²) >= 11 is 0. The number of carbonyl (C=O) groups is 3. The highest BCUT2D eigenvalue weighted by Crippen LogP contribution is 2.24. The topological polar surface area (TPSA) is 78.5 Å². The highest BCUT2D eigenvalue weighted by Gasteiger charge is 2.39. The van der Waals surface area contributed by atoms with Gasteiger partial charge in [0.15, 0.2) is 0 Å². The molecular formula is C21H22FN3O3.